The smallest absolute Gasteiger partial charge is 0.226 e. The van der Waals surface area contributed by atoms with Gasteiger partial charge in [-0.05, 0) is 103 Å². The number of carbonyl (C=O) groups is 1. The second kappa shape index (κ2) is 13.0. The lowest BCUT2D eigenvalue weighted by Crippen LogP contribution is -2.50. The molecule has 8 heteroatoms. The molecular weight excluding hydrogens is 518 g/mol. The van der Waals surface area contributed by atoms with Crippen molar-refractivity contribution in [1.82, 2.24) is 24.3 Å². The van der Waals surface area contributed by atoms with E-state index in [4.69, 9.17) is 5.10 Å². The van der Waals surface area contributed by atoms with Crippen LogP contribution in [0.2, 0.25) is 0 Å². The van der Waals surface area contributed by atoms with Crippen LogP contribution in [0.5, 0.6) is 0 Å². The summed E-state index contributed by atoms with van der Waals surface area (Å²) in [4.78, 5) is 16.5. The van der Waals surface area contributed by atoms with Crippen molar-refractivity contribution in [2.75, 3.05) is 26.7 Å². The van der Waals surface area contributed by atoms with Crippen LogP contribution in [0.1, 0.15) is 77.3 Å². The van der Waals surface area contributed by atoms with Gasteiger partial charge in [-0.2, -0.15) is 5.10 Å². The fourth-order valence-electron chi connectivity index (χ4n) is 5.44. The molecule has 1 fully saturated rings. The van der Waals surface area contributed by atoms with Crippen molar-refractivity contribution in [3.63, 3.8) is 0 Å². The summed E-state index contributed by atoms with van der Waals surface area (Å²) < 4.78 is 17.1. The van der Waals surface area contributed by atoms with Gasteiger partial charge in [-0.3, -0.25) is 9.69 Å². The minimum absolute atomic E-state index is 0.0323. The van der Waals surface area contributed by atoms with Gasteiger partial charge in [0, 0.05) is 40.7 Å². The van der Waals surface area contributed by atoms with Gasteiger partial charge in [0.15, 0.2) is 0 Å². The van der Waals surface area contributed by atoms with Gasteiger partial charge in [-0.25, -0.2) is 13.2 Å². The summed E-state index contributed by atoms with van der Waals surface area (Å²) in [6, 6.07) is 7.80. The summed E-state index contributed by atoms with van der Waals surface area (Å²) in [5, 5.41) is 8.14. The summed E-state index contributed by atoms with van der Waals surface area (Å²) in [5.74, 6) is 4.66. The van der Waals surface area contributed by atoms with E-state index >= 15 is 0 Å². The van der Waals surface area contributed by atoms with E-state index in [1.165, 1.54) is 5.56 Å². The number of carbonyl (C=O) groups excluding carboxylic acids is 1. The van der Waals surface area contributed by atoms with Crippen LogP contribution in [0.15, 0.2) is 41.3 Å². The molecule has 0 aliphatic carbocycles. The van der Waals surface area contributed by atoms with E-state index in [0.717, 1.165) is 79.4 Å². The van der Waals surface area contributed by atoms with Crippen molar-refractivity contribution >= 4 is 21.5 Å². The second-order valence-electron chi connectivity index (χ2n) is 12.4. The molecule has 2 aromatic rings. The largest absolute Gasteiger partial charge is 0.349 e. The molecule has 2 atom stereocenters. The van der Waals surface area contributed by atoms with Gasteiger partial charge in [0.2, 0.25) is 5.91 Å². The van der Waals surface area contributed by atoms with Crippen LogP contribution in [0.3, 0.4) is 0 Å². The van der Waals surface area contributed by atoms with Gasteiger partial charge in [-0.1, -0.05) is 39.8 Å². The SMILES string of the molecule is C=C(C)C(CC(C)C)NC(=O)C1(C)CCN(Cc2c(C)nn(-c3ccc(S(=C)(=O)N(C)CCC)cc3)c2C)CC1. The molecule has 0 radical (unpaired) electrons. The topological polar surface area (TPSA) is 70.5 Å². The second-order valence-corrected chi connectivity index (χ2v) is 14.8. The molecule has 7 nitrogen and oxygen atoms in total. The van der Waals surface area contributed by atoms with E-state index in [2.05, 4.69) is 64.2 Å². The maximum absolute atomic E-state index is 13.3. The molecule has 0 saturated carbocycles. The zero-order chi connectivity index (χ0) is 29.8. The summed E-state index contributed by atoms with van der Waals surface area (Å²) in [6.45, 7) is 22.1. The Balaban J connectivity index is 1.67. The Kier molecular flexibility index (Phi) is 10.5. The van der Waals surface area contributed by atoms with Crippen molar-refractivity contribution in [1.29, 1.82) is 0 Å². The molecule has 2 unspecified atom stereocenters. The lowest BCUT2D eigenvalue weighted by molar-refractivity contribution is -0.133. The average Bonchev–Trinajstić information content (AvgIpc) is 3.17. The van der Waals surface area contributed by atoms with Gasteiger partial charge in [0.1, 0.15) is 0 Å². The molecule has 1 amide bonds. The molecule has 0 bridgehead atoms. The number of benzene rings is 1. The highest BCUT2D eigenvalue weighted by molar-refractivity contribution is 7.98. The van der Waals surface area contributed by atoms with Crippen LogP contribution in [-0.2, 0) is 21.0 Å². The quantitative estimate of drug-likeness (QED) is 0.270. The standard InChI is InChI=1S/C32H51N5O2S/c1-11-18-35(9)40(10,39)28-14-12-27(13-15-28)37-26(7)29(25(6)34-37)22-36-19-16-32(8,17-20-36)31(38)33-30(24(4)5)21-23(2)3/h12-15,23,30H,4,10-11,16-22H2,1-3,5-9H3,(H,33,38). The number of hydrogen-bond acceptors (Lipinski definition) is 4. The lowest BCUT2D eigenvalue weighted by Gasteiger charge is -2.39. The Hall–Kier alpha value is -2.42. The van der Waals surface area contributed by atoms with Crippen molar-refractivity contribution in [2.24, 2.45) is 11.3 Å². The molecule has 1 aliphatic rings. The number of amides is 1. The highest BCUT2D eigenvalue weighted by Gasteiger charge is 2.38. The Morgan fingerprint density at radius 2 is 1.80 bits per heavy atom. The first kappa shape index (κ1) is 32.1. The van der Waals surface area contributed by atoms with Gasteiger partial charge >= 0.3 is 0 Å². The fraction of sp³-hybridized carbons (Fsp3) is 0.594. The minimum atomic E-state index is -2.50. The molecule has 2 heterocycles. The summed E-state index contributed by atoms with van der Waals surface area (Å²) in [7, 11) is -0.638. The number of aromatic nitrogens is 2. The highest BCUT2D eigenvalue weighted by Crippen LogP contribution is 2.33. The Morgan fingerprint density at radius 1 is 1.20 bits per heavy atom. The van der Waals surface area contributed by atoms with Crippen LogP contribution in [-0.4, -0.2) is 67.7 Å². The zero-order valence-corrected chi connectivity index (χ0v) is 26.9. The van der Waals surface area contributed by atoms with Crippen LogP contribution < -0.4 is 5.32 Å². The summed E-state index contributed by atoms with van der Waals surface area (Å²) in [5.41, 5.74) is 4.93. The van der Waals surface area contributed by atoms with Crippen LogP contribution in [0.4, 0.5) is 0 Å². The molecule has 222 valence electrons. The fourth-order valence-corrected chi connectivity index (χ4v) is 6.84. The number of piperidine rings is 1. The zero-order valence-electron chi connectivity index (χ0n) is 26.0. The molecule has 40 heavy (non-hydrogen) atoms. The van der Waals surface area contributed by atoms with Gasteiger partial charge in [0.05, 0.1) is 21.1 Å². The number of hydrogen-bond donors (Lipinski definition) is 1. The van der Waals surface area contributed by atoms with Gasteiger partial charge < -0.3 is 5.32 Å². The maximum Gasteiger partial charge on any atom is 0.226 e. The molecule has 1 aromatic carbocycles. The van der Waals surface area contributed by atoms with Gasteiger partial charge in [-0.15, -0.1) is 0 Å². The Bertz CT molecular complexity index is 1290. The number of rotatable bonds is 12. The van der Waals surface area contributed by atoms with E-state index < -0.39 is 9.71 Å². The molecule has 1 saturated heterocycles. The van der Waals surface area contributed by atoms with Crippen LogP contribution in [0, 0.1) is 25.2 Å². The van der Waals surface area contributed by atoms with Crippen LogP contribution in [0.25, 0.3) is 5.69 Å². The monoisotopic (exact) mass is 569 g/mol. The number of nitrogens with one attached hydrogen (secondary N) is 1. The molecule has 1 N–H and O–H groups in total. The van der Waals surface area contributed by atoms with Gasteiger partial charge in [0.25, 0.3) is 0 Å². The van der Waals surface area contributed by atoms with E-state index in [-0.39, 0.29) is 17.4 Å². The van der Waals surface area contributed by atoms with Crippen molar-refractivity contribution in [2.45, 2.75) is 91.6 Å². The lowest BCUT2D eigenvalue weighted by atomic mass is 9.79. The first-order chi connectivity index (χ1) is 18.7. The Labute approximate surface area is 243 Å². The van der Waals surface area contributed by atoms with Crippen LogP contribution >= 0.6 is 0 Å². The third kappa shape index (κ3) is 7.25. The van der Waals surface area contributed by atoms with Crippen molar-refractivity contribution in [3.05, 3.63) is 53.4 Å². The highest BCUT2D eigenvalue weighted by atomic mass is 32.2. The Morgan fingerprint density at radius 3 is 2.33 bits per heavy atom. The average molecular weight is 570 g/mol. The van der Waals surface area contributed by atoms with Crippen molar-refractivity contribution < 1.29 is 9.00 Å². The van der Waals surface area contributed by atoms with Crippen molar-refractivity contribution in [3.8, 4) is 5.69 Å². The molecular formula is C32H51N5O2S. The molecule has 1 aliphatic heterocycles. The van der Waals surface area contributed by atoms with E-state index in [0.29, 0.717) is 5.92 Å². The predicted molar refractivity (Wildman–Crippen MR) is 168 cm³/mol. The molecule has 0 spiro atoms. The summed E-state index contributed by atoms with van der Waals surface area (Å²) >= 11 is 0. The molecule has 1 aromatic heterocycles. The third-order valence-electron chi connectivity index (χ3n) is 8.43. The number of likely N-dealkylation sites (tertiary alicyclic amines) is 1. The number of nitrogens with zero attached hydrogens (tertiary/aromatic N) is 4. The van der Waals surface area contributed by atoms with E-state index in [1.54, 1.807) is 0 Å². The number of aryl methyl sites for hydroxylation is 1. The first-order valence-electron chi connectivity index (χ1n) is 14.6. The molecule has 3 rings (SSSR count). The third-order valence-corrected chi connectivity index (χ3v) is 10.6. The summed E-state index contributed by atoms with van der Waals surface area (Å²) in [6.07, 6.45) is 3.49. The first-order valence-corrected chi connectivity index (χ1v) is 16.3. The normalized spacial score (nSPS) is 18.1. The van der Waals surface area contributed by atoms with E-state index in [1.807, 2.05) is 47.2 Å². The predicted octanol–water partition coefficient (Wildman–Crippen LogP) is 5.53. The van der Waals surface area contributed by atoms with E-state index in [9.17, 15) is 9.00 Å². The maximum atomic E-state index is 13.3. The minimum Gasteiger partial charge on any atom is -0.349 e.